The van der Waals surface area contributed by atoms with Crippen LogP contribution in [0.3, 0.4) is 0 Å². The third-order valence-corrected chi connectivity index (χ3v) is 6.05. The maximum Gasteiger partial charge on any atom is 0.220 e. The number of carbonyl (C=O) groups is 1. The van der Waals surface area contributed by atoms with Gasteiger partial charge in [-0.25, -0.2) is 9.67 Å². The van der Waals surface area contributed by atoms with Crippen LogP contribution < -0.4 is 5.73 Å². The lowest BCUT2D eigenvalue weighted by Crippen LogP contribution is -2.38. The highest BCUT2D eigenvalue weighted by Crippen LogP contribution is 2.52. The molecule has 2 aromatic rings. The van der Waals surface area contributed by atoms with Gasteiger partial charge in [0, 0.05) is 12.0 Å². The summed E-state index contributed by atoms with van der Waals surface area (Å²) in [4.78, 5) is 18.8. The van der Waals surface area contributed by atoms with Gasteiger partial charge in [-0.3, -0.25) is 9.69 Å². The first kappa shape index (κ1) is 18.2. The largest absolute Gasteiger partial charge is 0.369 e. The average Bonchev–Trinajstić information content (AvgIpc) is 3.37. The molecule has 1 amide bonds. The molecule has 6 heteroatoms. The topological polar surface area (TPSA) is 77.0 Å². The highest BCUT2D eigenvalue weighted by molar-refractivity contribution is 5.76. The van der Waals surface area contributed by atoms with Crippen molar-refractivity contribution in [2.24, 2.45) is 11.7 Å². The van der Waals surface area contributed by atoms with Gasteiger partial charge >= 0.3 is 0 Å². The molecular weight excluding hydrogens is 338 g/mol. The van der Waals surface area contributed by atoms with Gasteiger partial charge in [0.05, 0.1) is 12.0 Å². The van der Waals surface area contributed by atoms with Crippen LogP contribution in [0.2, 0.25) is 0 Å². The van der Waals surface area contributed by atoms with Crippen LogP contribution in [0.4, 0.5) is 0 Å². The van der Waals surface area contributed by atoms with E-state index in [2.05, 4.69) is 53.8 Å². The Labute approximate surface area is 160 Å². The normalized spacial score (nSPS) is 20.1. The molecule has 1 aromatic carbocycles. The zero-order valence-corrected chi connectivity index (χ0v) is 16.3. The van der Waals surface area contributed by atoms with E-state index in [1.165, 1.54) is 5.56 Å². The molecule has 0 atom stereocenters. The first-order valence-corrected chi connectivity index (χ1v) is 10.0. The predicted octanol–water partition coefficient (Wildman–Crippen LogP) is 2.64. The summed E-state index contributed by atoms with van der Waals surface area (Å²) in [7, 11) is 0. The molecule has 2 fully saturated rings. The van der Waals surface area contributed by atoms with Gasteiger partial charge in [0.2, 0.25) is 5.91 Å². The number of hydrogen-bond donors (Lipinski definition) is 1. The fraction of sp³-hybridized carbons (Fsp3) is 0.571. The van der Waals surface area contributed by atoms with Crippen molar-refractivity contribution in [2.75, 3.05) is 13.1 Å². The first-order chi connectivity index (χ1) is 13.0. The smallest absolute Gasteiger partial charge is 0.220 e. The third kappa shape index (κ3) is 3.50. The molecule has 0 radical (unpaired) electrons. The number of aromatic nitrogens is 3. The van der Waals surface area contributed by atoms with E-state index in [4.69, 9.17) is 15.8 Å². The Morgan fingerprint density at radius 2 is 1.89 bits per heavy atom. The van der Waals surface area contributed by atoms with Gasteiger partial charge in [-0.15, -0.1) is 0 Å². The van der Waals surface area contributed by atoms with Gasteiger partial charge in [0.15, 0.2) is 5.82 Å². The van der Waals surface area contributed by atoms with Crippen LogP contribution in [0, 0.1) is 5.92 Å². The zero-order valence-electron chi connectivity index (χ0n) is 16.3. The van der Waals surface area contributed by atoms with Crippen molar-refractivity contribution in [3.8, 4) is 0 Å². The Morgan fingerprint density at radius 3 is 2.44 bits per heavy atom. The van der Waals surface area contributed by atoms with Crippen LogP contribution in [-0.4, -0.2) is 38.7 Å². The summed E-state index contributed by atoms with van der Waals surface area (Å²) in [6, 6.07) is 10.9. The van der Waals surface area contributed by atoms with E-state index in [0.717, 1.165) is 57.0 Å². The van der Waals surface area contributed by atoms with Crippen molar-refractivity contribution in [1.82, 2.24) is 19.7 Å². The predicted molar refractivity (Wildman–Crippen MR) is 104 cm³/mol. The lowest BCUT2D eigenvalue weighted by Gasteiger charge is -2.30. The molecule has 1 aromatic heterocycles. The van der Waals surface area contributed by atoms with Crippen LogP contribution in [-0.2, 0) is 16.8 Å². The Bertz CT molecular complexity index is 801. The maximum absolute atomic E-state index is 11.4. The highest BCUT2D eigenvalue weighted by atomic mass is 16.1. The number of carbonyl (C=O) groups excluding carboxylic acids is 1. The number of nitrogens with two attached hydrogens (primary N) is 1. The van der Waals surface area contributed by atoms with Gasteiger partial charge in [-0.1, -0.05) is 30.3 Å². The molecule has 144 valence electrons. The molecule has 2 heterocycles. The minimum absolute atomic E-state index is 0.00485. The Morgan fingerprint density at radius 1 is 1.22 bits per heavy atom. The maximum atomic E-state index is 11.4. The monoisotopic (exact) mass is 367 g/mol. The molecule has 1 aliphatic heterocycles. The molecule has 2 N–H and O–H groups in total. The Balaban J connectivity index is 1.55. The summed E-state index contributed by atoms with van der Waals surface area (Å²) in [6.07, 6.45) is 3.91. The van der Waals surface area contributed by atoms with Crippen molar-refractivity contribution in [3.63, 3.8) is 0 Å². The molecule has 27 heavy (non-hydrogen) atoms. The van der Waals surface area contributed by atoms with E-state index in [1.54, 1.807) is 0 Å². The van der Waals surface area contributed by atoms with Crippen LogP contribution in [0.5, 0.6) is 0 Å². The van der Waals surface area contributed by atoms with E-state index < -0.39 is 0 Å². The molecule has 6 nitrogen and oxygen atoms in total. The number of amides is 1. The van der Waals surface area contributed by atoms with E-state index in [0.29, 0.717) is 0 Å². The molecule has 1 saturated heterocycles. The first-order valence-electron chi connectivity index (χ1n) is 10.0. The molecule has 0 spiro atoms. The van der Waals surface area contributed by atoms with E-state index >= 15 is 0 Å². The van der Waals surface area contributed by atoms with Gasteiger partial charge in [-0.05, 0) is 58.2 Å². The quantitative estimate of drug-likeness (QED) is 0.851. The number of nitrogens with zero attached hydrogens (tertiary/aromatic N) is 4. The van der Waals surface area contributed by atoms with Crippen LogP contribution in [0.25, 0.3) is 0 Å². The Hall–Kier alpha value is -2.21. The van der Waals surface area contributed by atoms with Gasteiger partial charge < -0.3 is 5.73 Å². The number of likely N-dealkylation sites (tertiary alicyclic amines) is 1. The van der Waals surface area contributed by atoms with Crippen molar-refractivity contribution < 1.29 is 4.79 Å². The highest BCUT2D eigenvalue weighted by Gasteiger charge is 2.49. The summed E-state index contributed by atoms with van der Waals surface area (Å²) >= 11 is 0. The minimum Gasteiger partial charge on any atom is -0.369 e. The van der Waals surface area contributed by atoms with Crippen LogP contribution >= 0.6 is 0 Å². The molecule has 0 unspecified atom stereocenters. The second kappa shape index (κ2) is 7.08. The van der Waals surface area contributed by atoms with Crippen molar-refractivity contribution >= 4 is 5.91 Å². The summed E-state index contributed by atoms with van der Waals surface area (Å²) in [5, 5.41) is 4.93. The standard InChI is InChI=1S/C21H29N5O/c1-15(2)26-18(14-25-12-8-16(9-13-25)19(22)27)23-20(24-26)21(10-11-21)17-6-4-3-5-7-17/h3-7,15-16H,8-14H2,1-2H3,(H2,22,27). The number of benzene rings is 1. The van der Waals surface area contributed by atoms with Crippen LogP contribution in [0.1, 0.15) is 62.8 Å². The van der Waals surface area contributed by atoms with Crippen molar-refractivity contribution in [2.45, 2.75) is 57.5 Å². The fourth-order valence-electron chi connectivity index (χ4n) is 4.18. The summed E-state index contributed by atoms with van der Waals surface area (Å²) < 4.78 is 2.08. The van der Waals surface area contributed by atoms with E-state index in [1.807, 2.05) is 0 Å². The van der Waals surface area contributed by atoms with Gasteiger partial charge in [0.1, 0.15) is 5.82 Å². The number of rotatable bonds is 6. The summed E-state index contributed by atoms with van der Waals surface area (Å²) in [6.45, 7) is 6.86. The van der Waals surface area contributed by atoms with Crippen molar-refractivity contribution in [1.29, 1.82) is 0 Å². The third-order valence-electron chi connectivity index (χ3n) is 6.05. The Kier molecular flexibility index (Phi) is 4.76. The lowest BCUT2D eigenvalue weighted by atomic mass is 9.95. The minimum atomic E-state index is -0.166. The van der Waals surface area contributed by atoms with Gasteiger partial charge in [-0.2, -0.15) is 5.10 Å². The number of piperidine rings is 1. The molecule has 2 aliphatic rings. The molecular formula is C21H29N5O. The molecule has 1 saturated carbocycles. The lowest BCUT2D eigenvalue weighted by molar-refractivity contribution is -0.123. The zero-order chi connectivity index (χ0) is 19.0. The van der Waals surface area contributed by atoms with Gasteiger partial charge in [0.25, 0.3) is 0 Å². The molecule has 1 aliphatic carbocycles. The second-order valence-corrected chi connectivity index (χ2v) is 8.29. The molecule has 4 rings (SSSR count). The summed E-state index contributed by atoms with van der Waals surface area (Å²) in [5.74, 6) is 1.84. The molecule has 0 bridgehead atoms. The van der Waals surface area contributed by atoms with Crippen molar-refractivity contribution in [3.05, 3.63) is 47.5 Å². The van der Waals surface area contributed by atoms with Crippen LogP contribution in [0.15, 0.2) is 30.3 Å². The second-order valence-electron chi connectivity index (χ2n) is 8.29. The fourth-order valence-corrected chi connectivity index (χ4v) is 4.18. The number of hydrogen-bond acceptors (Lipinski definition) is 4. The van der Waals surface area contributed by atoms with E-state index in [-0.39, 0.29) is 23.3 Å². The average molecular weight is 367 g/mol. The van der Waals surface area contributed by atoms with E-state index in [9.17, 15) is 4.79 Å². The number of primary amides is 1. The summed E-state index contributed by atoms with van der Waals surface area (Å²) in [5.41, 5.74) is 6.77. The SMILES string of the molecule is CC(C)n1nc(C2(c3ccccc3)CC2)nc1CN1CCC(C(N)=O)CC1.